The average Bonchev–Trinajstić information content (AvgIpc) is 2.48. The van der Waals surface area contributed by atoms with Gasteiger partial charge in [0.15, 0.2) is 0 Å². The first kappa shape index (κ1) is 17.5. The molecule has 4 nitrogen and oxygen atoms in total. The molecule has 0 spiro atoms. The third kappa shape index (κ3) is 4.35. The topological polar surface area (TPSA) is 58.6 Å². The third-order valence-corrected chi connectivity index (χ3v) is 5.11. The van der Waals surface area contributed by atoms with Gasteiger partial charge in [-0.15, -0.1) is 0 Å². The quantitative estimate of drug-likeness (QED) is 0.817. The number of carbonyl (C=O) groups is 1. The number of ether oxygens (including phenoxy) is 1. The Morgan fingerprint density at radius 2 is 1.77 bits per heavy atom. The number of aliphatic carboxylic acids is 1. The van der Waals surface area contributed by atoms with Gasteiger partial charge in [0.2, 0.25) is 0 Å². The van der Waals surface area contributed by atoms with Crippen molar-refractivity contribution in [3.05, 3.63) is 0 Å². The fourth-order valence-electron chi connectivity index (χ4n) is 3.44. The Bertz CT molecular complexity index is 373. The lowest BCUT2D eigenvalue weighted by Gasteiger charge is -2.34. The summed E-state index contributed by atoms with van der Waals surface area (Å²) >= 11 is 0. The zero-order chi connectivity index (χ0) is 16.2. The van der Waals surface area contributed by atoms with Crippen LogP contribution in [0.5, 0.6) is 0 Å². The van der Waals surface area contributed by atoms with E-state index in [-0.39, 0.29) is 18.8 Å². The number of carboxylic acids is 1. The summed E-state index contributed by atoms with van der Waals surface area (Å²) in [6.45, 7) is 1.86. The van der Waals surface area contributed by atoms with Crippen molar-refractivity contribution in [1.29, 1.82) is 0 Å². The van der Waals surface area contributed by atoms with Crippen LogP contribution >= 0.6 is 0 Å². The van der Waals surface area contributed by atoms with Crippen LogP contribution in [0.25, 0.3) is 0 Å². The molecular formula is C15H24F3NO3. The molecule has 2 rings (SSSR count). The van der Waals surface area contributed by atoms with Crippen LogP contribution < -0.4 is 5.32 Å². The minimum Gasteiger partial charge on any atom is -0.481 e. The normalized spacial score (nSPS) is 29.2. The maximum absolute atomic E-state index is 12.6. The molecule has 0 aromatic carbocycles. The Labute approximate surface area is 128 Å². The van der Waals surface area contributed by atoms with Crippen molar-refractivity contribution in [2.75, 3.05) is 26.3 Å². The molecule has 0 bridgehead atoms. The van der Waals surface area contributed by atoms with Crippen LogP contribution in [-0.2, 0) is 9.53 Å². The van der Waals surface area contributed by atoms with E-state index in [1.807, 2.05) is 0 Å². The monoisotopic (exact) mass is 323 g/mol. The maximum atomic E-state index is 12.6. The first-order chi connectivity index (χ1) is 10.3. The van der Waals surface area contributed by atoms with E-state index in [9.17, 15) is 23.1 Å². The molecule has 0 radical (unpaired) electrons. The maximum Gasteiger partial charge on any atom is 0.391 e. The molecule has 0 aromatic rings. The van der Waals surface area contributed by atoms with Gasteiger partial charge in [-0.3, -0.25) is 4.79 Å². The van der Waals surface area contributed by atoms with Crippen LogP contribution in [0.1, 0.15) is 38.5 Å². The SMILES string of the molecule is O=C(O)C1(CNCC2CCC(C(F)(F)F)CC2)CCOCC1. The van der Waals surface area contributed by atoms with Crippen molar-refractivity contribution < 1.29 is 27.8 Å². The van der Waals surface area contributed by atoms with Crippen molar-refractivity contribution in [3.8, 4) is 0 Å². The smallest absolute Gasteiger partial charge is 0.391 e. The molecule has 1 aliphatic heterocycles. The number of hydrogen-bond acceptors (Lipinski definition) is 3. The summed E-state index contributed by atoms with van der Waals surface area (Å²) in [4.78, 5) is 11.5. The van der Waals surface area contributed by atoms with E-state index in [0.717, 1.165) is 0 Å². The predicted molar refractivity (Wildman–Crippen MR) is 74.5 cm³/mol. The first-order valence-corrected chi connectivity index (χ1v) is 7.92. The summed E-state index contributed by atoms with van der Waals surface area (Å²) < 4.78 is 43.0. The summed E-state index contributed by atoms with van der Waals surface area (Å²) in [7, 11) is 0. The average molecular weight is 323 g/mol. The lowest BCUT2D eigenvalue weighted by molar-refractivity contribution is -0.183. The van der Waals surface area contributed by atoms with E-state index < -0.39 is 23.5 Å². The summed E-state index contributed by atoms with van der Waals surface area (Å²) in [5.74, 6) is -1.77. The van der Waals surface area contributed by atoms with Crippen molar-refractivity contribution in [1.82, 2.24) is 5.32 Å². The minimum atomic E-state index is -4.08. The Morgan fingerprint density at radius 1 is 1.18 bits per heavy atom. The van der Waals surface area contributed by atoms with Crippen molar-refractivity contribution in [3.63, 3.8) is 0 Å². The summed E-state index contributed by atoms with van der Waals surface area (Å²) in [5, 5.41) is 12.6. The van der Waals surface area contributed by atoms with Crippen LogP contribution in [-0.4, -0.2) is 43.6 Å². The van der Waals surface area contributed by atoms with Crippen molar-refractivity contribution in [2.24, 2.45) is 17.3 Å². The molecule has 0 amide bonds. The van der Waals surface area contributed by atoms with E-state index in [0.29, 0.717) is 52.0 Å². The summed E-state index contributed by atoms with van der Waals surface area (Å²) in [6, 6.07) is 0. The molecule has 2 fully saturated rings. The Kier molecular flexibility index (Phi) is 5.71. The van der Waals surface area contributed by atoms with E-state index in [2.05, 4.69) is 5.32 Å². The molecule has 1 saturated carbocycles. The molecule has 2 aliphatic rings. The van der Waals surface area contributed by atoms with Gasteiger partial charge < -0.3 is 15.2 Å². The van der Waals surface area contributed by atoms with Gasteiger partial charge in [0.05, 0.1) is 11.3 Å². The molecule has 0 aromatic heterocycles. The third-order valence-electron chi connectivity index (χ3n) is 5.11. The molecule has 128 valence electrons. The van der Waals surface area contributed by atoms with Gasteiger partial charge in [0.25, 0.3) is 0 Å². The molecular weight excluding hydrogens is 299 g/mol. The molecule has 1 aliphatic carbocycles. The molecule has 0 atom stereocenters. The van der Waals surface area contributed by atoms with Crippen molar-refractivity contribution >= 4 is 5.97 Å². The molecule has 1 saturated heterocycles. The first-order valence-electron chi connectivity index (χ1n) is 7.92. The number of halogens is 3. The molecule has 2 N–H and O–H groups in total. The highest BCUT2D eigenvalue weighted by molar-refractivity contribution is 5.75. The lowest BCUT2D eigenvalue weighted by Crippen LogP contribution is -2.46. The van der Waals surface area contributed by atoms with Gasteiger partial charge >= 0.3 is 12.1 Å². The highest BCUT2D eigenvalue weighted by atomic mass is 19.4. The molecule has 0 unspecified atom stereocenters. The largest absolute Gasteiger partial charge is 0.481 e. The van der Waals surface area contributed by atoms with Gasteiger partial charge in [-0.1, -0.05) is 0 Å². The van der Waals surface area contributed by atoms with Crippen LogP contribution in [0.15, 0.2) is 0 Å². The summed E-state index contributed by atoms with van der Waals surface area (Å²) in [6.07, 6.45) is -1.62. The predicted octanol–water partition coefficient (Wildman–Crippen LogP) is 2.83. The van der Waals surface area contributed by atoms with Crippen LogP contribution in [0.3, 0.4) is 0 Å². The zero-order valence-corrected chi connectivity index (χ0v) is 12.6. The molecule has 7 heteroatoms. The van der Waals surface area contributed by atoms with Crippen LogP contribution in [0.4, 0.5) is 13.2 Å². The Morgan fingerprint density at radius 3 is 2.27 bits per heavy atom. The van der Waals surface area contributed by atoms with E-state index in [1.165, 1.54) is 0 Å². The highest BCUT2D eigenvalue weighted by Crippen LogP contribution is 2.39. The van der Waals surface area contributed by atoms with Gasteiger partial charge in [0, 0.05) is 19.8 Å². The molecule has 22 heavy (non-hydrogen) atoms. The van der Waals surface area contributed by atoms with Crippen LogP contribution in [0, 0.1) is 17.3 Å². The van der Waals surface area contributed by atoms with Crippen LogP contribution in [0.2, 0.25) is 0 Å². The van der Waals surface area contributed by atoms with Gasteiger partial charge in [-0.25, -0.2) is 0 Å². The number of hydrogen-bond donors (Lipinski definition) is 2. The van der Waals surface area contributed by atoms with E-state index >= 15 is 0 Å². The van der Waals surface area contributed by atoms with E-state index in [4.69, 9.17) is 4.74 Å². The second-order valence-corrected chi connectivity index (χ2v) is 6.59. The van der Waals surface area contributed by atoms with Crippen molar-refractivity contribution in [2.45, 2.75) is 44.7 Å². The Balaban J connectivity index is 1.74. The second-order valence-electron chi connectivity index (χ2n) is 6.59. The van der Waals surface area contributed by atoms with Gasteiger partial charge in [0.1, 0.15) is 0 Å². The van der Waals surface area contributed by atoms with Gasteiger partial charge in [-0.05, 0) is 51.0 Å². The standard InChI is InChI=1S/C15H24F3NO3/c16-15(17,18)12-3-1-11(2-4-12)9-19-10-14(13(20)21)5-7-22-8-6-14/h11-12,19H,1-10H2,(H,20,21). The van der Waals surface area contributed by atoms with Gasteiger partial charge in [-0.2, -0.15) is 13.2 Å². The van der Waals surface area contributed by atoms with E-state index in [1.54, 1.807) is 0 Å². The molecule has 1 heterocycles. The fraction of sp³-hybridized carbons (Fsp3) is 0.933. The number of rotatable bonds is 5. The number of alkyl halides is 3. The fourth-order valence-corrected chi connectivity index (χ4v) is 3.44. The Hall–Kier alpha value is -0.820. The lowest BCUT2D eigenvalue weighted by atomic mass is 9.79. The zero-order valence-electron chi connectivity index (χ0n) is 12.6. The number of nitrogens with one attached hydrogen (secondary N) is 1. The highest BCUT2D eigenvalue weighted by Gasteiger charge is 2.42. The summed E-state index contributed by atoms with van der Waals surface area (Å²) in [5.41, 5.74) is -0.790. The minimum absolute atomic E-state index is 0.188. The number of carboxylic acid groups (broad SMARTS) is 1. The second kappa shape index (κ2) is 7.17.